The van der Waals surface area contributed by atoms with Crippen LogP contribution in [0.1, 0.15) is 55.8 Å². The lowest BCUT2D eigenvalue weighted by Gasteiger charge is -2.01. The van der Waals surface area contributed by atoms with E-state index < -0.39 is 0 Å². The number of rotatable bonds is 7. The molecule has 0 aliphatic heterocycles. The van der Waals surface area contributed by atoms with Crippen LogP contribution in [-0.4, -0.2) is 10.8 Å². The molecule has 1 rings (SSSR count). The molecule has 88 valence electrons. The molecule has 2 nitrogen and oxygen atoms in total. The molecule has 0 radical (unpaired) electrons. The molecule has 1 aromatic heterocycles. The Labute approximate surface area is 106 Å². The number of ketones is 1. The van der Waals surface area contributed by atoms with Gasteiger partial charge < -0.3 is 0 Å². The number of aromatic nitrogens is 1. The van der Waals surface area contributed by atoms with E-state index in [4.69, 9.17) is 0 Å². The van der Waals surface area contributed by atoms with Crippen LogP contribution in [0.2, 0.25) is 0 Å². The first-order valence-corrected chi connectivity index (χ1v) is 6.67. The van der Waals surface area contributed by atoms with Gasteiger partial charge >= 0.3 is 0 Å². The van der Waals surface area contributed by atoms with Crippen molar-refractivity contribution in [1.29, 1.82) is 0 Å². The van der Waals surface area contributed by atoms with Gasteiger partial charge in [0, 0.05) is 28.9 Å². The van der Waals surface area contributed by atoms with Gasteiger partial charge in [0.2, 0.25) is 0 Å². The van der Waals surface area contributed by atoms with Crippen molar-refractivity contribution in [3.05, 3.63) is 28.5 Å². The number of hydrogen-bond donors (Lipinski definition) is 0. The van der Waals surface area contributed by atoms with Crippen LogP contribution >= 0.6 is 15.9 Å². The van der Waals surface area contributed by atoms with Gasteiger partial charge in [-0.3, -0.25) is 9.78 Å². The van der Waals surface area contributed by atoms with Gasteiger partial charge in [0.05, 0.1) is 0 Å². The topological polar surface area (TPSA) is 30.0 Å². The molecule has 0 amide bonds. The Morgan fingerprint density at radius 3 is 2.69 bits per heavy atom. The van der Waals surface area contributed by atoms with E-state index in [2.05, 4.69) is 27.8 Å². The summed E-state index contributed by atoms with van der Waals surface area (Å²) < 4.78 is 0.865. The average Bonchev–Trinajstić information content (AvgIpc) is 2.28. The van der Waals surface area contributed by atoms with E-state index in [1.165, 1.54) is 19.3 Å². The summed E-state index contributed by atoms with van der Waals surface area (Å²) in [6, 6.07) is 1.83. The molecule has 3 heteroatoms. The third-order valence-electron chi connectivity index (χ3n) is 2.53. The van der Waals surface area contributed by atoms with E-state index in [0.717, 1.165) is 17.3 Å². The third kappa shape index (κ3) is 4.88. The minimum Gasteiger partial charge on any atom is -0.294 e. The Kier molecular flexibility index (Phi) is 6.31. The van der Waals surface area contributed by atoms with Gasteiger partial charge in [-0.05, 0) is 28.4 Å². The number of pyridine rings is 1. The second kappa shape index (κ2) is 7.55. The van der Waals surface area contributed by atoms with E-state index in [1.54, 1.807) is 12.4 Å². The second-order valence-electron chi connectivity index (χ2n) is 3.98. The van der Waals surface area contributed by atoms with Crippen molar-refractivity contribution in [2.45, 2.75) is 45.4 Å². The molecule has 0 aromatic carbocycles. The van der Waals surface area contributed by atoms with Crippen molar-refractivity contribution < 1.29 is 4.79 Å². The van der Waals surface area contributed by atoms with Crippen LogP contribution in [0, 0.1) is 0 Å². The minimum absolute atomic E-state index is 0.199. The van der Waals surface area contributed by atoms with Crippen LogP contribution in [0.15, 0.2) is 22.9 Å². The summed E-state index contributed by atoms with van der Waals surface area (Å²) >= 11 is 3.32. The zero-order valence-corrected chi connectivity index (χ0v) is 11.3. The van der Waals surface area contributed by atoms with Gasteiger partial charge in [-0.2, -0.15) is 0 Å². The highest BCUT2D eigenvalue weighted by Gasteiger charge is 2.05. The van der Waals surface area contributed by atoms with Crippen molar-refractivity contribution in [3.63, 3.8) is 0 Å². The Hall–Kier alpha value is -0.700. The van der Waals surface area contributed by atoms with Crippen molar-refractivity contribution in [2.24, 2.45) is 0 Å². The first kappa shape index (κ1) is 13.4. The van der Waals surface area contributed by atoms with E-state index >= 15 is 0 Å². The Morgan fingerprint density at radius 2 is 2.00 bits per heavy atom. The van der Waals surface area contributed by atoms with Crippen LogP contribution < -0.4 is 0 Å². The minimum atomic E-state index is 0.199. The molecule has 1 heterocycles. The number of unbranched alkanes of at least 4 members (excludes halogenated alkanes) is 4. The number of carbonyl (C=O) groups is 1. The summed E-state index contributed by atoms with van der Waals surface area (Å²) in [4.78, 5) is 15.8. The zero-order chi connectivity index (χ0) is 11.8. The van der Waals surface area contributed by atoms with E-state index in [1.807, 2.05) is 6.07 Å². The molecular weight excluding hydrogens is 266 g/mol. The van der Waals surface area contributed by atoms with Gasteiger partial charge in [-0.1, -0.05) is 32.6 Å². The second-order valence-corrected chi connectivity index (χ2v) is 4.89. The average molecular weight is 284 g/mol. The number of halogens is 1. The van der Waals surface area contributed by atoms with E-state index in [9.17, 15) is 4.79 Å². The molecule has 0 bridgehead atoms. The summed E-state index contributed by atoms with van der Waals surface area (Å²) in [6.07, 6.45) is 9.86. The highest BCUT2D eigenvalue weighted by Crippen LogP contribution is 2.13. The monoisotopic (exact) mass is 283 g/mol. The molecule has 0 aliphatic rings. The molecule has 1 aromatic rings. The van der Waals surface area contributed by atoms with E-state index in [-0.39, 0.29) is 5.78 Å². The Bertz CT molecular complexity index is 338. The largest absolute Gasteiger partial charge is 0.294 e. The van der Waals surface area contributed by atoms with Gasteiger partial charge in [0.25, 0.3) is 0 Å². The van der Waals surface area contributed by atoms with Gasteiger partial charge in [0.15, 0.2) is 5.78 Å². The van der Waals surface area contributed by atoms with Crippen molar-refractivity contribution in [2.75, 3.05) is 0 Å². The number of carbonyl (C=O) groups excluding carboxylic acids is 1. The maximum Gasteiger partial charge on any atom is 0.164 e. The van der Waals surface area contributed by atoms with Crippen LogP contribution in [0.3, 0.4) is 0 Å². The first-order chi connectivity index (χ1) is 7.74. The molecule has 0 aliphatic carbocycles. The zero-order valence-electron chi connectivity index (χ0n) is 9.71. The van der Waals surface area contributed by atoms with Crippen molar-refractivity contribution in [1.82, 2.24) is 4.98 Å². The quantitative estimate of drug-likeness (QED) is 0.549. The molecule has 0 atom stereocenters. The van der Waals surface area contributed by atoms with Crippen molar-refractivity contribution in [3.8, 4) is 0 Å². The maximum atomic E-state index is 11.8. The van der Waals surface area contributed by atoms with Crippen LogP contribution in [-0.2, 0) is 0 Å². The normalized spacial score (nSPS) is 10.4. The fourth-order valence-electron chi connectivity index (χ4n) is 1.60. The molecule has 0 unspecified atom stereocenters. The lowest BCUT2D eigenvalue weighted by molar-refractivity contribution is 0.0978. The number of hydrogen-bond acceptors (Lipinski definition) is 2. The predicted octanol–water partition coefficient (Wildman–Crippen LogP) is 4.39. The Balaban J connectivity index is 2.30. The molecule has 16 heavy (non-hydrogen) atoms. The molecule has 0 saturated heterocycles. The highest BCUT2D eigenvalue weighted by atomic mass is 79.9. The van der Waals surface area contributed by atoms with Gasteiger partial charge in [0.1, 0.15) is 0 Å². The van der Waals surface area contributed by atoms with Crippen LogP contribution in [0.5, 0.6) is 0 Å². The summed E-state index contributed by atoms with van der Waals surface area (Å²) in [5, 5.41) is 0. The summed E-state index contributed by atoms with van der Waals surface area (Å²) in [5.74, 6) is 0.199. The number of nitrogens with zero attached hydrogens (tertiary/aromatic N) is 1. The molecule has 0 fully saturated rings. The predicted molar refractivity (Wildman–Crippen MR) is 69.6 cm³/mol. The number of Topliss-reactive ketones (excluding diaryl/α,β-unsaturated/α-hetero) is 1. The van der Waals surface area contributed by atoms with Crippen molar-refractivity contribution >= 4 is 21.7 Å². The van der Waals surface area contributed by atoms with Gasteiger partial charge in [-0.15, -0.1) is 0 Å². The highest BCUT2D eigenvalue weighted by molar-refractivity contribution is 9.10. The summed E-state index contributed by atoms with van der Waals surface area (Å²) in [7, 11) is 0. The Morgan fingerprint density at radius 1 is 1.25 bits per heavy atom. The summed E-state index contributed by atoms with van der Waals surface area (Å²) in [6.45, 7) is 2.19. The summed E-state index contributed by atoms with van der Waals surface area (Å²) in [5.41, 5.74) is 0.713. The fourth-order valence-corrected chi connectivity index (χ4v) is 1.96. The SMILES string of the molecule is CCCCCCCC(=O)c1cncc(Br)c1. The third-order valence-corrected chi connectivity index (χ3v) is 2.97. The smallest absolute Gasteiger partial charge is 0.164 e. The van der Waals surface area contributed by atoms with Crippen LogP contribution in [0.4, 0.5) is 0 Å². The molecule has 0 N–H and O–H groups in total. The molecule has 0 spiro atoms. The first-order valence-electron chi connectivity index (χ1n) is 5.87. The van der Waals surface area contributed by atoms with Crippen LogP contribution in [0.25, 0.3) is 0 Å². The molecular formula is C13H18BrNO. The lowest BCUT2D eigenvalue weighted by atomic mass is 10.1. The lowest BCUT2D eigenvalue weighted by Crippen LogP contribution is -1.99. The molecule has 0 saturated carbocycles. The maximum absolute atomic E-state index is 11.8. The van der Waals surface area contributed by atoms with Gasteiger partial charge in [-0.25, -0.2) is 0 Å². The standard InChI is InChI=1S/C13H18BrNO/c1-2-3-4-5-6-7-13(16)11-8-12(14)10-15-9-11/h8-10H,2-7H2,1H3. The fraction of sp³-hybridized carbons (Fsp3) is 0.538. The van der Waals surface area contributed by atoms with E-state index in [0.29, 0.717) is 12.0 Å².